The predicted octanol–water partition coefficient (Wildman–Crippen LogP) is 5.34. The Bertz CT molecular complexity index is 908. The number of carbonyl (C=O) groups is 2. The maximum absolute atomic E-state index is 13.4. The molecule has 7 heteroatoms. The lowest BCUT2D eigenvalue weighted by molar-refractivity contribution is -0.143. The van der Waals surface area contributed by atoms with Crippen LogP contribution in [0.3, 0.4) is 0 Å². The molecular weight excluding hydrogens is 416 g/mol. The summed E-state index contributed by atoms with van der Waals surface area (Å²) in [6.45, 7) is 17.2. The highest BCUT2D eigenvalue weighted by Gasteiger charge is 2.20. The molecule has 0 aliphatic carbocycles. The maximum atomic E-state index is 13.4. The van der Waals surface area contributed by atoms with Gasteiger partial charge in [-0.25, -0.2) is 4.98 Å². The molecule has 1 aromatic carbocycles. The zero-order chi connectivity index (χ0) is 24.5. The quantitative estimate of drug-likeness (QED) is 0.410. The first-order valence-corrected chi connectivity index (χ1v) is 12.4. The van der Waals surface area contributed by atoms with Gasteiger partial charge in [0, 0.05) is 31.2 Å². The fraction of sp³-hybridized carbons (Fsp3) is 0.654. The Kier molecular flexibility index (Phi) is 10.2. The second kappa shape index (κ2) is 12.6. The van der Waals surface area contributed by atoms with E-state index < -0.39 is 0 Å². The summed E-state index contributed by atoms with van der Waals surface area (Å²) in [5.41, 5.74) is 2.44. The smallest absolute Gasteiger partial charge is 0.307 e. The Balaban J connectivity index is 2.27. The van der Waals surface area contributed by atoms with Gasteiger partial charge in [-0.3, -0.25) is 9.59 Å². The van der Waals surface area contributed by atoms with Crippen LogP contribution >= 0.6 is 0 Å². The van der Waals surface area contributed by atoms with E-state index in [1.807, 2.05) is 36.9 Å². The van der Waals surface area contributed by atoms with E-state index in [1.165, 1.54) is 0 Å². The van der Waals surface area contributed by atoms with Crippen LogP contribution in [0.4, 0.5) is 5.95 Å². The number of hydrogen-bond donors (Lipinski definition) is 1. The van der Waals surface area contributed by atoms with Gasteiger partial charge in [0.05, 0.1) is 24.1 Å². The normalized spacial score (nSPS) is 12.4. The van der Waals surface area contributed by atoms with E-state index in [-0.39, 0.29) is 24.3 Å². The van der Waals surface area contributed by atoms with Gasteiger partial charge in [-0.15, -0.1) is 0 Å². The van der Waals surface area contributed by atoms with Gasteiger partial charge < -0.3 is 19.5 Å². The lowest BCUT2D eigenvalue weighted by Crippen LogP contribution is -2.34. The fourth-order valence-electron chi connectivity index (χ4n) is 3.75. The van der Waals surface area contributed by atoms with Gasteiger partial charge in [-0.05, 0) is 63.6 Å². The van der Waals surface area contributed by atoms with E-state index in [4.69, 9.17) is 9.72 Å². The summed E-state index contributed by atoms with van der Waals surface area (Å²) in [6, 6.07) is 5.63. The van der Waals surface area contributed by atoms with Crippen molar-refractivity contribution >= 4 is 28.9 Å². The zero-order valence-electron chi connectivity index (χ0n) is 21.5. The maximum Gasteiger partial charge on any atom is 0.307 e. The van der Waals surface area contributed by atoms with Crippen LogP contribution in [-0.4, -0.2) is 52.1 Å². The van der Waals surface area contributed by atoms with Gasteiger partial charge in [0.2, 0.25) is 5.95 Å². The number of carbonyl (C=O) groups excluding carboxylic acids is 2. The van der Waals surface area contributed by atoms with E-state index in [2.05, 4.69) is 37.6 Å². The molecule has 0 aliphatic heterocycles. The van der Waals surface area contributed by atoms with Gasteiger partial charge in [-0.2, -0.15) is 0 Å². The van der Waals surface area contributed by atoms with Crippen molar-refractivity contribution in [1.82, 2.24) is 14.5 Å². The van der Waals surface area contributed by atoms with E-state index in [1.54, 1.807) is 6.92 Å². The summed E-state index contributed by atoms with van der Waals surface area (Å²) in [7, 11) is 0. The standard InChI is InChI=1S/C26H42N4O3/c1-8-30-23-17-21(25(32)29(14-12-18(3)4)15-13-19(5)6)10-11-22(23)28-26(30)27-20(7)16-24(31)33-9-2/h10-11,17-20H,8-9,12-16H2,1-7H3,(H,27,28). The summed E-state index contributed by atoms with van der Waals surface area (Å²) >= 11 is 0. The van der Waals surface area contributed by atoms with Crippen LogP contribution in [0.15, 0.2) is 18.2 Å². The van der Waals surface area contributed by atoms with Gasteiger partial charge in [0.15, 0.2) is 0 Å². The molecule has 1 unspecified atom stereocenters. The Morgan fingerprint density at radius 3 is 2.24 bits per heavy atom. The third-order valence-corrected chi connectivity index (χ3v) is 5.71. The van der Waals surface area contributed by atoms with Crippen molar-refractivity contribution in [3.63, 3.8) is 0 Å². The number of nitrogens with one attached hydrogen (secondary N) is 1. The van der Waals surface area contributed by atoms with Gasteiger partial charge in [-0.1, -0.05) is 27.7 Å². The summed E-state index contributed by atoms with van der Waals surface area (Å²) in [6.07, 6.45) is 2.25. The van der Waals surface area contributed by atoms with E-state index >= 15 is 0 Å². The molecule has 1 N–H and O–H groups in total. The third kappa shape index (κ3) is 7.76. The number of benzene rings is 1. The molecule has 1 heterocycles. The molecular formula is C26H42N4O3. The number of aryl methyl sites for hydroxylation is 1. The molecule has 2 aromatic rings. The van der Waals surface area contributed by atoms with Gasteiger partial charge in [0.25, 0.3) is 5.91 Å². The average molecular weight is 459 g/mol. The molecule has 0 bridgehead atoms. The molecule has 184 valence electrons. The number of anilines is 1. The molecule has 0 fully saturated rings. The first kappa shape index (κ1) is 26.7. The number of fused-ring (bicyclic) bond motifs is 1. The van der Waals surface area contributed by atoms with Crippen molar-refractivity contribution in [2.24, 2.45) is 11.8 Å². The van der Waals surface area contributed by atoms with Crippen LogP contribution in [0.1, 0.15) is 78.1 Å². The molecule has 0 saturated carbocycles. The van der Waals surface area contributed by atoms with Crippen LogP contribution in [0, 0.1) is 11.8 Å². The van der Waals surface area contributed by atoms with E-state index in [9.17, 15) is 9.59 Å². The van der Waals surface area contributed by atoms with Crippen molar-refractivity contribution in [1.29, 1.82) is 0 Å². The number of amides is 1. The van der Waals surface area contributed by atoms with Crippen molar-refractivity contribution < 1.29 is 14.3 Å². The molecule has 0 spiro atoms. The van der Waals surface area contributed by atoms with Gasteiger partial charge >= 0.3 is 5.97 Å². The van der Waals surface area contributed by atoms with Gasteiger partial charge in [0.1, 0.15) is 0 Å². The molecule has 33 heavy (non-hydrogen) atoms. The Morgan fingerprint density at radius 2 is 1.70 bits per heavy atom. The average Bonchev–Trinajstić information content (AvgIpc) is 3.08. The van der Waals surface area contributed by atoms with Crippen LogP contribution < -0.4 is 5.32 Å². The SMILES string of the molecule is CCOC(=O)CC(C)Nc1nc2ccc(C(=O)N(CCC(C)C)CCC(C)C)cc2n1CC. The van der Waals surface area contributed by atoms with Crippen molar-refractivity contribution in [2.75, 3.05) is 25.0 Å². The molecule has 0 saturated heterocycles. The number of imidazole rings is 1. The Hall–Kier alpha value is -2.57. The summed E-state index contributed by atoms with van der Waals surface area (Å²) in [4.78, 5) is 31.9. The fourth-order valence-corrected chi connectivity index (χ4v) is 3.75. The Morgan fingerprint density at radius 1 is 1.06 bits per heavy atom. The number of rotatable bonds is 13. The molecule has 1 atom stereocenters. The number of nitrogens with zero attached hydrogens (tertiary/aromatic N) is 3. The minimum atomic E-state index is -0.229. The molecule has 2 rings (SSSR count). The van der Waals surface area contributed by atoms with E-state index in [0.29, 0.717) is 36.5 Å². The Labute approximate surface area is 198 Å². The highest BCUT2D eigenvalue weighted by molar-refractivity contribution is 5.97. The highest BCUT2D eigenvalue weighted by Crippen LogP contribution is 2.23. The van der Waals surface area contributed by atoms with Crippen LogP contribution in [0.5, 0.6) is 0 Å². The second-order valence-corrected chi connectivity index (χ2v) is 9.59. The molecule has 0 aliphatic rings. The van der Waals surface area contributed by atoms with Crippen molar-refractivity contribution in [2.45, 2.75) is 80.3 Å². The topological polar surface area (TPSA) is 76.5 Å². The predicted molar refractivity (Wildman–Crippen MR) is 135 cm³/mol. The lowest BCUT2D eigenvalue weighted by Gasteiger charge is -2.24. The lowest BCUT2D eigenvalue weighted by atomic mass is 10.1. The van der Waals surface area contributed by atoms with Crippen molar-refractivity contribution in [3.8, 4) is 0 Å². The third-order valence-electron chi connectivity index (χ3n) is 5.71. The minimum Gasteiger partial charge on any atom is -0.466 e. The zero-order valence-corrected chi connectivity index (χ0v) is 21.5. The first-order chi connectivity index (χ1) is 15.7. The molecule has 7 nitrogen and oxygen atoms in total. The monoisotopic (exact) mass is 458 g/mol. The van der Waals surface area contributed by atoms with Crippen LogP contribution in [0.25, 0.3) is 11.0 Å². The number of ether oxygens (including phenoxy) is 1. The summed E-state index contributed by atoms with van der Waals surface area (Å²) < 4.78 is 7.11. The minimum absolute atomic E-state index is 0.0761. The van der Waals surface area contributed by atoms with E-state index in [0.717, 1.165) is 37.0 Å². The van der Waals surface area contributed by atoms with Crippen LogP contribution in [0.2, 0.25) is 0 Å². The first-order valence-electron chi connectivity index (χ1n) is 12.4. The summed E-state index contributed by atoms with van der Waals surface area (Å²) in [5, 5.41) is 3.33. The van der Waals surface area contributed by atoms with Crippen molar-refractivity contribution in [3.05, 3.63) is 23.8 Å². The van der Waals surface area contributed by atoms with Crippen LogP contribution in [-0.2, 0) is 16.1 Å². The number of hydrogen-bond acceptors (Lipinski definition) is 5. The number of aromatic nitrogens is 2. The molecule has 1 amide bonds. The number of esters is 1. The largest absolute Gasteiger partial charge is 0.466 e. The molecule has 0 radical (unpaired) electrons. The second-order valence-electron chi connectivity index (χ2n) is 9.59. The summed E-state index contributed by atoms with van der Waals surface area (Å²) in [5.74, 6) is 1.65. The molecule has 1 aromatic heterocycles. The highest BCUT2D eigenvalue weighted by atomic mass is 16.5.